The lowest BCUT2D eigenvalue weighted by Crippen LogP contribution is -2.29. The number of thioether (sulfide) groups is 1. The second kappa shape index (κ2) is 7.13. The van der Waals surface area contributed by atoms with Crippen LogP contribution in [0.25, 0.3) is 0 Å². The van der Waals surface area contributed by atoms with Crippen molar-refractivity contribution in [2.45, 2.75) is 9.79 Å². The average molecular weight is 283 g/mol. The molecule has 0 unspecified atom stereocenters. The van der Waals surface area contributed by atoms with Crippen LogP contribution in [0.1, 0.15) is 0 Å². The summed E-state index contributed by atoms with van der Waals surface area (Å²) in [5.74, 6) is 0. The summed E-state index contributed by atoms with van der Waals surface area (Å²) in [5, 5.41) is 0. The van der Waals surface area contributed by atoms with E-state index in [1.807, 2.05) is 12.3 Å². The maximum Gasteiger partial charge on any atom is 0.241 e. The first-order valence-corrected chi connectivity index (χ1v) is 7.15. The first kappa shape index (κ1) is 15.7. The summed E-state index contributed by atoms with van der Waals surface area (Å²) in [5.41, 5.74) is 5.25. The topological polar surface area (TPSA) is 72.2 Å². The SMILES string of the molecule is CSc1ccccc1S(=O)(=O)NCCN.Cl. The second-order valence-corrected chi connectivity index (χ2v) is 5.42. The molecule has 3 N–H and O–H groups in total. The Kier molecular flexibility index (Phi) is 7.01. The van der Waals surface area contributed by atoms with Gasteiger partial charge in [-0.1, -0.05) is 12.1 Å². The third-order valence-electron chi connectivity index (χ3n) is 1.80. The predicted octanol–water partition coefficient (Wildman–Crippen LogP) is 1.07. The summed E-state index contributed by atoms with van der Waals surface area (Å²) in [6, 6.07) is 6.89. The molecule has 0 heterocycles. The molecule has 0 aliphatic heterocycles. The first-order chi connectivity index (χ1) is 7.11. The summed E-state index contributed by atoms with van der Waals surface area (Å²) >= 11 is 1.41. The van der Waals surface area contributed by atoms with E-state index in [-0.39, 0.29) is 19.0 Å². The van der Waals surface area contributed by atoms with E-state index in [1.54, 1.807) is 18.2 Å². The van der Waals surface area contributed by atoms with Crippen molar-refractivity contribution in [2.75, 3.05) is 19.3 Å². The Morgan fingerprint density at radius 1 is 1.38 bits per heavy atom. The first-order valence-electron chi connectivity index (χ1n) is 4.44. The Labute approximate surface area is 106 Å². The predicted molar refractivity (Wildman–Crippen MR) is 69.7 cm³/mol. The van der Waals surface area contributed by atoms with Crippen LogP contribution in [0.4, 0.5) is 0 Å². The van der Waals surface area contributed by atoms with Crippen molar-refractivity contribution < 1.29 is 8.42 Å². The quantitative estimate of drug-likeness (QED) is 0.793. The van der Waals surface area contributed by atoms with E-state index >= 15 is 0 Å². The van der Waals surface area contributed by atoms with E-state index in [0.29, 0.717) is 11.4 Å². The summed E-state index contributed by atoms with van der Waals surface area (Å²) < 4.78 is 26.0. The largest absolute Gasteiger partial charge is 0.329 e. The van der Waals surface area contributed by atoms with Crippen LogP contribution < -0.4 is 10.5 Å². The minimum absolute atomic E-state index is 0. The Bertz CT molecular complexity index is 423. The maximum absolute atomic E-state index is 11.8. The van der Waals surface area contributed by atoms with E-state index in [4.69, 9.17) is 5.73 Å². The monoisotopic (exact) mass is 282 g/mol. The van der Waals surface area contributed by atoms with E-state index < -0.39 is 10.0 Å². The Hall–Kier alpha value is -0.270. The minimum Gasteiger partial charge on any atom is -0.329 e. The second-order valence-electron chi connectivity index (χ2n) is 2.84. The Balaban J connectivity index is 0.00000225. The molecule has 0 fully saturated rings. The highest BCUT2D eigenvalue weighted by Crippen LogP contribution is 2.23. The molecule has 0 atom stereocenters. The van der Waals surface area contributed by atoms with Gasteiger partial charge in [0.2, 0.25) is 10.0 Å². The number of benzene rings is 1. The van der Waals surface area contributed by atoms with Gasteiger partial charge in [-0.25, -0.2) is 13.1 Å². The zero-order chi connectivity index (χ0) is 11.3. The van der Waals surface area contributed by atoms with Crippen molar-refractivity contribution in [3.05, 3.63) is 24.3 Å². The van der Waals surface area contributed by atoms with Gasteiger partial charge in [-0.15, -0.1) is 24.2 Å². The number of nitrogens with one attached hydrogen (secondary N) is 1. The molecule has 1 aromatic rings. The fourth-order valence-corrected chi connectivity index (χ4v) is 3.31. The fraction of sp³-hybridized carbons (Fsp3) is 0.333. The third-order valence-corrected chi connectivity index (χ3v) is 4.24. The van der Waals surface area contributed by atoms with Crippen molar-refractivity contribution in [1.29, 1.82) is 0 Å². The molecule has 0 saturated carbocycles. The summed E-state index contributed by atoms with van der Waals surface area (Å²) in [7, 11) is -3.42. The van der Waals surface area contributed by atoms with Crippen molar-refractivity contribution in [3.8, 4) is 0 Å². The van der Waals surface area contributed by atoms with Crippen LogP contribution in [0, 0.1) is 0 Å². The number of nitrogens with two attached hydrogens (primary N) is 1. The molecule has 0 aromatic heterocycles. The van der Waals surface area contributed by atoms with Crippen LogP contribution in [-0.4, -0.2) is 27.8 Å². The molecule has 7 heteroatoms. The standard InChI is InChI=1S/C9H14N2O2S2.ClH/c1-14-8-4-2-3-5-9(8)15(12,13)11-7-6-10;/h2-5,11H,6-7,10H2,1H3;1H. The van der Waals surface area contributed by atoms with Crippen molar-refractivity contribution in [2.24, 2.45) is 5.73 Å². The van der Waals surface area contributed by atoms with Crippen molar-refractivity contribution in [3.63, 3.8) is 0 Å². The van der Waals surface area contributed by atoms with Gasteiger partial charge in [-0.3, -0.25) is 0 Å². The van der Waals surface area contributed by atoms with Gasteiger partial charge < -0.3 is 5.73 Å². The lowest BCUT2D eigenvalue weighted by atomic mass is 10.4. The number of rotatable bonds is 5. The van der Waals surface area contributed by atoms with Crippen molar-refractivity contribution >= 4 is 34.2 Å². The number of sulfonamides is 1. The van der Waals surface area contributed by atoms with Gasteiger partial charge in [0.05, 0.1) is 4.90 Å². The van der Waals surface area contributed by atoms with Gasteiger partial charge in [-0.2, -0.15) is 0 Å². The van der Waals surface area contributed by atoms with E-state index in [2.05, 4.69) is 4.72 Å². The number of halogens is 1. The zero-order valence-electron chi connectivity index (χ0n) is 8.84. The molecule has 0 aliphatic rings. The van der Waals surface area contributed by atoms with Gasteiger partial charge in [0.15, 0.2) is 0 Å². The van der Waals surface area contributed by atoms with Gasteiger partial charge in [-0.05, 0) is 18.4 Å². The summed E-state index contributed by atoms with van der Waals surface area (Å²) in [4.78, 5) is 1.05. The highest BCUT2D eigenvalue weighted by atomic mass is 35.5. The van der Waals surface area contributed by atoms with Crippen molar-refractivity contribution in [1.82, 2.24) is 4.72 Å². The number of hydrogen-bond acceptors (Lipinski definition) is 4. The molecule has 4 nitrogen and oxygen atoms in total. The highest BCUT2D eigenvalue weighted by Gasteiger charge is 2.16. The summed E-state index contributed by atoms with van der Waals surface area (Å²) in [6.07, 6.45) is 1.84. The molecular weight excluding hydrogens is 268 g/mol. The number of hydrogen-bond donors (Lipinski definition) is 2. The van der Waals surface area contributed by atoms with Crippen LogP contribution in [-0.2, 0) is 10.0 Å². The lowest BCUT2D eigenvalue weighted by Gasteiger charge is -2.08. The van der Waals surface area contributed by atoms with Gasteiger partial charge in [0.25, 0.3) is 0 Å². The maximum atomic E-state index is 11.8. The Morgan fingerprint density at radius 3 is 2.56 bits per heavy atom. The molecule has 1 rings (SSSR count). The smallest absolute Gasteiger partial charge is 0.241 e. The van der Waals surface area contributed by atoms with E-state index in [1.165, 1.54) is 11.8 Å². The van der Waals surface area contributed by atoms with Crippen LogP contribution in [0.5, 0.6) is 0 Å². The molecule has 0 radical (unpaired) electrons. The fourth-order valence-electron chi connectivity index (χ4n) is 1.11. The molecule has 0 spiro atoms. The third kappa shape index (κ3) is 3.95. The van der Waals surface area contributed by atoms with E-state index in [0.717, 1.165) is 4.90 Å². The molecule has 0 aliphatic carbocycles. The molecule has 0 saturated heterocycles. The zero-order valence-corrected chi connectivity index (χ0v) is 11.3. The molecule has 16 heavy (non-hydrogen) atoms. The molecule has 0 bridgehead atoms. The molecule has 92 valence electrons. The van der Waals surface area contributed by atoms with Crippen LogP contribution in [0.2, 0.25) is 0 Å². The van der Waals surface area contributed by atoms with Gasteiger partial charge >= 0.3 is 0 Å². The van der Waals surface area contributed by atoms with Crippen LogP contribution in [0.15, 0.2) is 34.1 Å². The summed E-state index contributed by atoms with van der Waals surface area (Å²) in [6.45, 7) is 0.547. The van der Waals surface area contributed by atoms with Crippen LogP contribution in [0.3, 0.4) is 0 Å². The van der Waals surface area contributed by atoms with E-state index in [9.17, 15) is 8.42 Å². The molecule has 0 amide bonds. The Morgan fingerprint density at radius 2 is 2.00 bits per heavy atom. The molecule has 1 aromatic carbocycles. The van der Waals surface area contributed by atoms with Crippen LogP contribution >= 0.6 is 24.2 Å². The highest BCUT2D eigenvalue weighted by molar-refractivity contribution is 7.99. The van der Waals surface area contributed by atoms with Gasteiger partial charge in [0.1, 0.15) is 0 Å². The molecular formula is C9H15ClN2O2S2. The van der Waals surface area contributed by atoms with Gasteiger partial charge in [0, 0.05) is 18.0 Å². The lowest BCUT2D eigenvalue weighted by molar-refractivity contribution is 0.580. The normalized spacial score (nSPS) is 10.9. The minimum atomic E-state index is -3.42. The average Bonchev–Trinajstić information content (AvgIpc) is 2.26.